The summed E-state index contributed by atoms with van der Waals surface area (Å²) in [6.45, 7) is 3.53. The van der Waals surface area contributed by atoms with Crippen molar-refractivity contribution in [1.82, 2.24) is 4.98 Å². The molecule has 0 saturated carbocycles. The van der Waals surface area contributed by atoms with Gasteiger partial charge in [0, 0.05) is 22.2 Å². The van der Waals surface area contributed by atoms with Crippen LogP contribution in [0.5, 0.6) is 0 Å². The number of nitrogens with one attached hydrogen (secondary N) is 1. The number of rotatable bonds is 4. The number of carbonyl (C=O) groups is 2. The third kappa shape index (κ3) is 3.78. The second kappa shape index (κ2) is 7.68. The minimum absolute atomic E-state index is 0.0442. The quantitative estimate of drug-likeness (QED) is 0.464. The molecule has 0 unspecified atom stereocenters. The second-order valence-electron chi connectivity index (χ2n) is 6.98. The number of pyridine rings is 1. The maximum Gasteiger partial charge on any atom is 0.256 e. The van der Waals surface area contributed by atoms with E-state index in [1.165, 1.54) is 6.92 Å². The van der Waals surface area contributed by atoms with Gasteiger partial charge in [0.25, 0.3) is 5.91 Å². The van der Waals surface area contributed by atoms with E-state index in [1.54, 1.807) is 24.3 Å². The van der Waals surface area contributed by atoms with Gasteiger partial charge in [-0.05, 0) is 43.7 Å². The van der Waals surface area contributed by atoms with E-state index in [0.29, 0.717) is 16.8 Å². The SMILES string of the molecule is CC(=O)c1cccc(NC(=O)c2cc(-c3ccccc3C)nc3ccccc23)c1. The summed E-state index contributed by atoms with van der Waals surface area (Å²) >= 11 is 0. The van der Waals surface area contributed by atoms with Crippen molar-refractivity contribution in [3.63, 3.8) is 0 Å². The molecule has 4 heteroatoms. The standard InChI is InChI=1S/C25H20N2O2/c1-16-8-3-4-11-20(16)24-15-22(21-12-5-6-13-23(21)27-24)25(29)26-19-10-7-9-18(14-19)17(2)28/h3-15H,1-2H3,(H,26,29). The zero-order chi connectivity index (χ0) is 20.4. The molecule has 29 heavy (non-hydrogen) atoms. The number of carbonyl (C=O) groups excluding carboxylic acids is 2. The molecule has 1 N–H and O–H groups in total. The first-order valence-corrected chi connectivity index (χ1v) is 9.41. The van der Waals surface area contributed by atoms with E-state index < -0.39 is 0 Å². The predicted octanol–water partition coefficient (Wildman–Crippen LogP) is 5.67. The van der Waals surface area contributed by atoms with Crippen LogP contribution in [0.2, 0.25) is 0 Å². The van der Waals surface area contributed by atoms with Crippen LogP contribution < -0.4 is 5.32 Å². The lowest BCUT2D eigenvalue weighted by Crippen LogP contribution is -2.13. The van der Waals surface area contributed by atoms with Crippen molar-refractivity contribution < 1.29 is 9.59 Å². The number of ketones is 1. The first-order valence-electron chi connectivity index (χ1n) is 9.41. The number of nitrogens with zero attached hydrogens (tertiary/aromatic N) is 1. The monoisotopic (exact) mass is 380 g/mol. The van der Waals surface area contributed by atoms with Crippen molar-refractivity contribution in [2.75, 3.05) is 5.32 Å². The molecule has 4 aromatic rings. The number of anilines is 1. The zero-order valence-corrected chi connectivity index (χ0v) is 16.3. The maximum absolute atomic E-state index is 13.2. The zero-order valence-electron chi connectivity index (χ0n) is 16.3. The van der Waals surface area contributed by atoms with Crippen LogP contribution in [0.3, 0.4) is 0 Å². The molecular formula is C25H20N2O2. The molecule has 1 heterocycles. The molecule has 4 rings (SSSR count). The summed E-state index contributed by atoms with van der Waals surface area (Å²) in [5, 5.41) is 3.70. The molecule has 1 aromatic heterocycles. The predicted molar refractivity (Wildman–Crippen MR) is 116 cm³/mol. The van der Waals surface area contributed by atoms with Gasteiger partial charge in [0.1, 0.15) is 0 Å². The Bertz CT molecular complexity index is 1240. The smallest absolute Gasteiger partial charge is 0.256 e. The highest BCUT2D eigenvalue weighted by Gasteiger charge is 2.15. The van der Waals surface area contributed by atoms with Crippen molar-refractivity contribution in [2.45, 2.75) is 13.8 Å². The minimum atomic E-state index is -0.237. The van der Waals surface area contributed by atoms with E-state index in [1.807, 2.05) is 61.5 Å². The van der Waals surface area contributed by atoms with Gasteiger partial charge in [-0.3, -0.25) is 9.59 Å². The highest BCUT2D eigenvalue weighted by Crippen LogP contribution is 2.27. The lowest BCUT2D eigenvalue weighted by Gasteiger charge is -2.12. The summed E-state index contributed by atoms with van der Waals surface area (Å²) in [4.78, 5) is 29.6. The number of para-hydroxylation sites is 1. The van der Waals surface area contributed by atoms with E-state index in [0.717, 1.165) is 27.7 Å². The topological polar surface area (TPSA) is 59.1 Å². The Morgan fingerprint density at radius 3 is 2.41 bits per heavy atom. The normalized spacial score (nSPS) is 10.7. The molecule has 4 nitrogen and oxygen atoms in total. The highest BCUT2D eigenvalue weighted by molar-refractivity contribution is 6.13. The van der Waals surface area contributed by atoms with Gasteiger partial charge in [-0.25, -0.2) is 4.98 Å². The Hall–Kier alpha value is -3.79. The van der Waals surface area contributed by atoms with Gasteiger partial charge in [-0.2, -0.15) is 0 Å². The van der Waals surface area contributed by atoms with Crippen LogP contribution in [0.4, 0.5) is 5.69 Å². The number of amides is 1. The summed E-state index contributed by atoms with van der Waals surface area (Å²) < 4.78 is 0. The summed E-state index contributed by atoms with van der Waals surface area (Å²) in [5.74, 6) is -0.281. The molecule has 0 bridgehead atoms. The first kappa shape index (κ1) is 18.6. The number of benzene rings is 3. The van der Waals surface area contributed by atoms with Crippen LogP contribution in [0.1, 0.15) is 33.2 Å². The summed E-state index contributed by atoms with van der Waals surface area (Å²) in [6.07, 6.45) is 0. The van der Waals surface area contributed by atoms with Crippen molar-refractivity contribution in [2.24, 2.45) is 0 Å². The molecule has 1 amide bonds. The fourth-order valence-corrected chi connectivity index (χ4v) is 3.38. The van der Waals surface area contributed by atoms with Crippen LogP contribution in [0.25, 0.3) is 22.2 Å². The Morgan fingerprint density at radius 2 is 1.62 bits per heavy atom. The lowest BCUT2D eigenvalue weighted by molar-refractivity contribution is 0.101. The maximum atomic E-state index is 13.2. The van der Waals surface area contributed by atoms with Crippen LogP contribution in [-0.4, -0.2) is 16.7 Å². The minimum Gasteiger partial charge on any atom is -0.322 e. The largest absolute Gasteiger partial charge is 0.322 e. The molecule has 0 radical (unpaired) electrons. The van der Waals surface area contributed by atoms with Crippen LogP contribution in [0.15, 0.2) is 78.9 Å². The van der Waals surface area contributed by atoms with E-state index in [2.05, 4.69) is 5.32 Å². The lowest BCUT2D eigenvalue weighted by atomic mass is 10.0. The number of fused-ring (bicyclic) bond motifs is 1. The first-order chi connectivity index (χ1) is 14.0. The van der Waals surface area contributed by atoms with Gasteiger partial charge in [0.15, 0.2) is 5.78 Å². The Morgan fingerprint density at radius 1 is 0.862 bits per heavy atom. The Kier molecular flexibility index (Phi) is 4.92. The summed E-state index contributed by atoms with van der Waals surface area (Å²) in [6, 6.07) is 24.4. The molecule has 3 aromatic carbocycles. The van der Waals surface area contributed by atoms with Crippen LogP contribution in [0, 0.1) is 6.92 Å². The van der Waals surface area contributed by atoms with E-state index in [-0.39, 0.29) is 11.7 Å². The summed E-state index contributed by atoms with van der Waals surface area (Å²) in [5.41, 5.74) is 5.29. The fraction of sp³-hybridized carbons (Fsp3) is 0.0800. The molecule has 0 aliphatic rings. The summed E-state index contributed by atoms with van der Waals surface area (Å²) in [7, 11) is 0. The molecule has 0 fully saturated rings. The van der Waals surface area contributed by atoms with Gasteiger partial charge in [0.2, 0.25) is 0 Å². The Labute approximate surface area is 169 Å². The number of hydrogen-bond donors (Lipinski definition) is 1. The molecule has 0 spiro atoms. The molecule has 142 valence electrons. The molecule has 0 aliphatic carbocycles. The van der Waals surface area contributed by atoms with E-state index >= 15 is 0 Å². The molecule has 0 atom stereocenters. The average Bonchev–Trinajstić information content (AvgIpc) is 2.73. The Balaban J connectivity index is 1.80. The van der Waals surface area contributed by atoms with Gasteiger partial charge in [-0.15, -0.1) is 0 Å². The second-order valence-corrected chi connectivity index (χ2v) is 6.98. The van der Waals surface area contributed by atoms with Crippen LogP contribution in [-0.2, 0) is 0 Å². The number of Topliss-reactive ketones (excluding diaryl/α,β-unsaturated/α-hetero) is 1. The van der Waals surface area contributed by atoms with E-state index in [9.17, 15) is 9.59 Å². The van der Waals surface area contributed by atoms with Gasteiger partial charge >= 0.3 is 0 Å². The van der Waals surface area contributed by atoms with Gasteiger partial charge < -0.3 is 5.32 Å². The third-order valence-electron chi connectivity index (χ3n) is 4.91. The van der Waals surface area contributed by atoms with Crippen molar-refractivity contribution in [3.8, 4) is 11.3 Å². The third-order valence-corrected chi connectivity index (χ3v) is 4.91. The molecule has 0 saturated heterocycles. The molecule has 0 aliphatic heterocycles. The number of aryl methyl sites for hydroxylation is 1. The van der Waals surface area contributed by atoms with Gasteiger partial charge in [-0.1, -0.05) is 54.6 Å². The van der Waals surface area contributed by atoms with Crippen molar-refractivity contribution in [3.05, 3.63) is 95.6 Å². The highest BCUT2D eigenvalue weighted by atomic mass is 16.1. The average molecular weight is 380 g/mol. The number of hydrogen-bond acceptors (Lipinski definition) is 3. The van der Waals surface area contributed by atoms with Gasteiger partial charge in [0.05, 0.1) is 16.8 Å². The van der Waals surface area contributed by atoms with E-state index in [4.69, 9.17) is 4.98 Å². The molecular weight excluding hydrogens is 360 g/mol. The fourth-order valence-electron chi connectivity index (χ4n) is 3.38. The number of aromatic nitrogens is 1. The van der Waals surface area contributed by atoms with Crippen LogP contribution >= 0.6 is 0 Å². The van der Waals surface area contributed by atoms with Crippen molar-refractivity contribution in [1.29, 1.82) is 0 Å². The van der Waals surface area contributed by atoms with Crippen molar-refractivity contribution >= 4 is 28.3 Å².